The number of benzene rings is 3. The summed E-state index contributed by atoms with van der Waals surface area (Å²) in [6.45, 7) is 1.40. The molecular formula is C26H22N2O5. The highest BCUT2D eigenvalue weighted by Gasteiger charge is 2.23. The standard InChI is InChI=1S/C26H22N2O5/c1-30-21-10-8-20(9-11-21)28(17-18-5-3-2-4-6-18)26(29)22-16-24(33-27-22)19-7-12-23-25(15-19)32-14-13-31-23/h2-12,15-16H,13-14,17H2,1H3. The van der Waals surface area contributed by atoms with E-state index in [0.29, 0.717) is 42.8 Å². The fraction of sp³-hybridized carbons (Fsp3) is 0.154. The average molecular weight is 442 g/mol. The van der Waals surface area contributed by atoms with Crippen molar-refractivity contribution in [2.75, 3.05) is 25.2 Å². The topological polar surface area (TPSA) is 74.0 Å². The maximum absolute atomic E-state index is 13.5. The minimum Gasteiger partial charge on any atom is -0.497 e. The van der Waals surface area contributed by atoms with E-state index in [1.54, 1.807) is 18.1 Å². The van der Waals surface area contributed by atoms with Crippen molar-refractivity contribution < 1.29 is 23.5 Å². The number of amides is 1. The van der Waals surface area contributed by atoms with Crippen LogP contribution in [0.4, 0.5) is 5.69 Å². The lowest BCUT2D eigenvalue weighted by Gasteiger charge is -2.22. The van der Waals surface area contributed by atoms with Gasteiger partial charge in [-0.15, -0.1) is 0 Å². The minimum atomic E-state index is -0.267. The van der Waals surface area contributed by atoms with Crippen molar-refractivity contribution in [1.29, 1.82) is 0 Å². The van der Waals surface area contributed by atoms with E-state index in [2.05, 4.69) is 5.16 Å². The monoisotopic (exact) mass is 442 g/mol. The molecule has 5 rings (SSSR count). The van der Waals surface area contributed by atoms with Gasteiger partial charge in [-0.3, -0.25) is 4.79 Å². The van der Waals surface area contributed by atoms with Crippen molar-refractivity contribution in [1.82, 2.24) is 5.16 Å². The van der Waals surface area contributed by atoms with Gasteiger partial charge in [0.2, 0.25) is 0 Å². The Labute approximate surface area is 191 Å². The number of hydrogen-bond donors (Lipinski definition) is 0. The molecule has 7 heteroatoms. The smallest absolute Gasteiger partial charge is 0.280 e. The predicted octanol–water partition coefficient (Wildman–Crippen LogP) is 4.97. The molecule has 1 aliphatic heterocycles. The Morgan fingerprint density at radius 1 is 0.939 bits per heavy atom. The van der Waals surface area contributed by atoms with Crippen LogP contribution in [-0.2, 0) is 6.54 Å². The van der Waals surface area contributed by atoms with Crippen LogP contribution >= 0.6 is 0 Å². The van der Waals surface area contributed by atoms with Gasteiger partial charge < -0.3 is 23.6 Å². The first-order chi connectivity index (χ1) is 16.2. The van der Waals surface area contributed by atoms with Gasteiger partial charge in [0, 0.05) is 17.3 Å². The Balaban J connectivity index is 1.44. The SMILES string of the molecule is COc1ccc(N(Cc2ccccc2)C(=O)c2cc(-c3ccc4c(c3)OCCO4)on2)cc1. The maximum atomic E-state index is 13.5. The number of nitrogens with zero attached hydrogens (tertiary/aromatic N) is 2. The summed E-state index contributed by atoms with van der Waals surface area (Å²) in [5, 5.41) is 4.06. The van der Waals surface area contributed by atoms with Crippen molar-refractivity contribution in [3.8, 4) is 28.6 Å². The third-order valence-corrected chi connectivity index (χ3v) is 5.37. The zero-order valence-corrected chi connectivity index (χ0v) is 18.1. The first-order valence-corrected chi connectivity index (χ1v) is 10.6. The van der Waals surface area contributed by atoms with Crippen LogP contribution in [0.1, 0.15) is 16.1 Å². The van der Waals surface area contributed by atoms with Crippen LogP contribution in [0.5, 0.6) is 17.2 Å². The number of anilines is 1. The van der Waals surface area contributed by atoms with Crippen LogP contribution in [-0.4, -0.2) is 31.4 Å². The molecule has 0 saturated heterocycles. The second-order valence-electron chi connectivity index (χ2n) is 7.51. The molecule has 0 N–H and O–H groups in total. The fourth-order valence-corrected chi connectivity index (χ4v) is 3.66. The molecule has 0 saturated carbocycles. The summed E-state index contributed by atoms with van der Waals surface area (Å²) in [5.74, 6) is 2.26. The molecule has 0 radical (unpaired) electrons. The second-order valence-corrected chi connectivity index (χ2v) is 7.51. The molecule has 0 atom stereocenters. The third-order valence-electron chi connectivity index (χ3n) is 5.37. The highest BCUT2D eigenvalue weighted by atomic mass is 16.6. The van der Waals surface area contributed by atoms with Crippen LogP contribution in [0, 0.1) is 0 Å². The molecule has 0 unspecified atom stereocenters. The quantitative estimate of drug-likeness (QED) is 0.420. The first-order valence-electron chi connectivity index (χ1n) is 10.6. The van der Waals surface area contributed by atoms with E-state index in [4.69, 9.17) is 18.7 Å². The summed E-state index contributed by atoms with van der Waals surface area (Å²) in [5.41, 5.74) is 2.70. The minimum absolute atomic E-state index is 0.214. The summed E-state index contributed by atoms with van der Waals surface area (Å²) in [6.07, 6.45) is 0. The largest absolute Gasteiger partial charge is 0.497 e. The number of ether oxygens (including phenoxy) is 3. The van der Waals surface area contributed by atoms with Crippen LogP contribution in [0.25, 0.3) is 11.3 Å². The number of hydrogen-bond acceptors (Lipinski definition) is 6. The summed E-state index contributed by atoms with van der Waals surface area (Å²) < 4.78 is 22.0. The molecule has 4 aromatic rings. The predicted molar refractivity (Wildman–Crippen MR) is 123 cm³/mol. The Hall–Kier alpha value is -4.26. The third kappa shape index (κ3) is 4.39. The normalized spacial score (nSPS) is 12.3. The lowest BCUT2D eigenvalue weighted by molar-refractivity contribution is 0.0976. The molecule has 0 spiro atoms. The Morgan fingerprint density at radius 2 is 1.70 bits per heavy atom. The number of carbonyl (C=O) groups is 1. The van der Waals surface area contributed by atoms with Gasteiger partial charge in [-0.2, -0.15) is 0 Å². The molecular weight excluding hydrogens is 420 g/mol. The van der Waals surface area contributed by atoms with Gasteiger partial charge in [0.25, 0.3) is 5.91 Å². The van der Waals surface area contributed by atoms with E-state index in [1.807, 2.05) is 72.8 Å². The van der Waals surface area contributed by atoms with Gasteiger partial charge in [0.05, 0.1) is 13.7 Å². The average Bonchev–Trinajstić information content (AvgIpc) is 3.38. The van der Waals surface area contributed by atoms with E-state index in [-0.39, 0.29) is 11.6 Å². The molecule has 1 aromatic heterocycles. The Bertz CT molecular complexity index is 1250. The van der Waals surface area contributed by atoms with Crippen molar-refractivity contribution in [2.24, 2.45) is 0 Å². The number of methoxy groups -OCH3 is 1. The lowest BCUT2D eigenvalue weighted by Crippen LogP contribution is -2.30. The molecule has 0 fully saturated rings. The Morgan fingerprint density at radius 3 is 2.45 bits per heavy atom. The summed E-state index contributed by atoms with van der Waals surface area (Å²) >= 11 is 0. The van der Waals surface area contributed by atoms with E-state index < -0.39 is 0 Å². The van der Waals surface area contributed by atoms with Crippen LogP contribution in [0.3, 0.4) is 0 Å². The van der Waals surface area contributed by atoms with Crippen molar-refractivity contribution in [2.45, 2.75) is 6.54 Å². The molecule has 166 valence electrons. The van der Waals surface area contributed by atoms with Crippen LogP contribution < -0.4 is 19.1 Å². The number of rotatable bonds is 6. The van der Waals surface area contributed by atoms with Crippen molar-refractivity contribution >= 4 is 11.6 Å². The van der Waals surface area contributed by atoms with Gasteiger partial charge in [-0.05, 0) is 48.0 Å². The molecule has 1 amide bonds. The number of carbonyl (C=O) groups excluding carboxylic acids is 1. The van der Waals surface area contributed by atoms with E-state index in [9.17, 15) is 4.79 Å². The second kappa shape index (κ2) is 9.08. The molecule has 33 heavy (non-hydrogen) atoms. The molecule has 0 aliphatic carbocycles. The highest BCUT2D eigenvalue weighted by Crippen LogP contribution is 2.35. The van der Waals surface area contributed by atoms with E-state index >= 15 is 0 Å². The highest BCUT2D eigenvalue weighted by molar-refractivity contribution is 6.05. The molecule has 1 aliphatic rings. The molecule has 7 nitrogen and oxygen atoms in total. The maximum Gasteiger partial charge on any atom is 0.280 e. The van der Waals surface area contributed by atoms with E-state index in [0.717, 1.165) is 16.8 Å². The van der Waals surface area contributed by atoms with Gasteiger partial charge in [0.15, 0.2) is 23.0 Å². The first kappa shape index (κ1) is 20.6. The number of aromatic nitrogens is 1. The van der Waals surface area contributed by atoms with Gasteiger partial charge >= 0.3 is 0 Å². The van der Waals surface area contributed by atoms with Crippen LogP contribution in [0.15, 0.2) is 83.4 Å². The van der Waals surface area contributed by atoms with Gasteiger partial charge in [0.1, 0.15) is 19.0 Å². The fourth-order valence-electron chi connectivity index (χ4n) is 3.66. The van der Waals surface area contributed by atoms with E-state index in [1.165, 1.54) is 0 Å². The van der Waals surface area contributed by atoms with Gasteiger partial charge in [-0.1, -0.05) is 35.5 Å². The van der Waals surface area contributed by atoms with Crippen LogP contribution in [0.2, 0.25) is 0 Å². The molecule has 0 bridgehead atoms. The molecule has 3 aromatic carbocycles. The van der Waals surface area contributed by atoms with Crippen molar-refractivity contribution in [3.63, 3.8) is 0 Å². The summed E-state index contributed by atoms with van der Waals surface area (Å²) in [4.78, 5) is 15.2. The Kier molecular flexibility index (Phi) is 5.68. The van der Waals surface area contributed by atoms with Crippen molar-refractivity contribution in [3.05, 3.63) is 90.1 Å². The van der Waals surface area contributed by atoms with Gasteiger partial charge in [-0.25, -0.2) is 0 Å². The summed E-state index contributed by atoms with van der Waals surface area (Å²) in [6, 6.07) is 24.3. The zero-order valence-electron chi connectivity index (χ0n) is 18.1. The molecule has 2 heterocycles. The summed E-state index contributed by atoms with van der Waals surface area (Å²) in [7, 11) is 1.61. The zero-order chi connectivity index (χ0) is 22.6. The lowest BCUT2D eigenvalue weighted by atomic mass is 10.1. The number of fused-ring (bicyclic) bond motifs is 1.